The van der Waals surface area contributed by atoms with Crippen LogP contribution in [-0.4, -0.2) is 12.2 Å². The van der Waals surface area contributed by atoms with Gasteiger partial charge in [0.15, 0.2) is 11.6 Å². The van der Waals surface area contributed by atoms with E-state index in [0.717, 1.165) is 11.1 Å². The number of rotatable bonds is 5. The Labute approximate surface area is 128 Å². The van der Waals surface area contributed by atoms with Gasteiger partial charge in [-0.25, -0.2) is 4.39 Å². The van der Waals surface area contributed by atoms with Crippen molar-refractivity contribution < 1.29 is 14.2 Å². The molecule has 0 fully saturated rings. The van der Waals surface area contributed by atoms with Crippen molar-refractivity contribution in [3.8, 4) is 11.5 Å². The second-order valence-corrected chi connectivity index (χ2v) is 5.19. The first kappa shape index (κ1) is 15.6. The van der Waals surface area contributed by atoms with E-state index in [1.54, 1.807) is 24.3 Å². The molecule has 1 unspecified atom stereocenters. The Hall–Kier alpha value is -1.78. The van der Waals surface area contributed by atoms with Crippen LogP contribution in [0.4, 0.5) is 4.39 Å². The molecule has 0 saturated heterocycles. The maximum Gasteiger partial charge on any atom is 0.165 e. The predicted molar refractivity (Wildman–Crippen MR) is 81.3 cm³/mol. The average Bonchev–Trinajstić information content (AvgIpc) is 2.48. The molecule has 0 spiro atoms. The molecule has 5 heteroatoms. The maximum atomic E-state index is 13.7. The summed E-state index contributed by atoms with van der Waals surface area (Å²) in [5, 5.41) is 13.0. The van der Waals surface area contributed by atoms with Crippen LogP contribution in [0.5, 0.6) is 11.5 Å². The zero-order valence-electron chi connectivity index (χ0n) is 11.9. The summed E-state index contributed by atoms with van der Waals surface area (Å²) in [4.78, 5) is 0. The van der Waals surface area contributed by atoms with Crippen LogP contribution in [0.25, 0.3) is 0 Å². The summed E-state index contributed by atoms with van der Waals surface area (Å²) in [5.41, 5.74) is 1.77. The van der Waals surface area contributed by atoms with Crippen LogP contribution in [0.15, 0.2) is 36.4 Å². The van der Waals surface area contributed by atoms with Gasteiger partial charge in [0.1, 0.15) is 5.75 Å². The highest BCUT2D eigenvalue weighted by atomic mass is 35.5. The molecule has 1 atom stereocenters. The molecule has 112 valence electrons. The van der Waals surface area contributed by atoms with Gasteiger partial charge in [-0.2, -0.15) is 0 Å². The van der Waals surface area contributed by atoms with Gasteiger partial charge in [-0.1, -0.05) is 23.7 Å². The molecule has 0 aromatic heterocycles. The third-order valence-electron chi connectivity index (χ3n) is 3.30. The van der Waals surface area contributed by atoms with Crippen molar-refractivity contribution in [2.24, 2.45) is 0 Å². The number of aromatic hydroxyl groups is 1. The molecule has 2 aromatic rings. The summed E-state index contributed by atoms with van der Waals surface area (Å²) in [7, 11) is 1.44. The van der Waals surface area contributed by atoms with Gasteiger partial charge < -0.3 is 15.2 Å². The molecule has 0 bridgehead atoms. The molecule has 2 aromatic carbocycles. The molecular formula is C16H17ClFNO2. The quantitative estimate of drug-likeness (QED) is 0.875. The number of benzene rings is 2. The summed E-state index contributed by atoms with van der Waals surface area (Å²) in [6, 6.07) is 9.90. The lowest BCUT2D eigenvalue weighted by Crippen LogP contribution is -2.18. The molecule has 0 aliphatic rings. The fourth-order valence-corrected chi connectivity index (χ4v) is 2.20. The molecule has 0 aliphatic heterocycles. The van der Waals surface area contributed by atoms with Gasteiger partial charge in [-0.3, -0.25) is 0 Å². The number of phenolic OH excluding ortho intramolecular Hbond substituents is 1. The topological polar surface area (TPSA) is 41.5 Å². The van der Waals surface area contributed by atoms with E-state index in [1.807, 2.05) is 13.0 Å². The molecule has 3 nitrogen and oxygen atoms in total. The van der Waals surface area contributed by atoms with Crippen LogP contribution >= 0.6 is 11.6 Å². The van der Waals surface area contributed by atoms with Crippen LogP contribution in [0.2, 0.25) is 5.02 Å². The van der Waals surface area contributed by atoms with Crippen molar-refractivity contribution >= 4 is 11.6 Å². The molecule has 2 N–H and O–H groups in total. The highest BCUT2D eigenvalue weighted by Crippen LogP contribution is 2.25. The van der Waals surface area contributed by atoms with Gasteiger partial charge in [0, 0.05) is 12.6 Å². The number of halogens is 2. The Morgan fingerprint density at radius 1 is 1.29 bits per heavy atom. The van der Waals surface area contributed by atoms with E-state index in [0.29, 0.717) is 11.6 Å². The summed E-state index contributed by atoms with van der Waals surface area (Å²) >= 11 is 5.86. The predicted octanol–water partition coefficient (Wildman–Crippen LogP) is 4.04. The van der Waals surface area contributed by atoms with Crippen LogP contribution in [0.3, 0.4) is 0 Å². The first-order chi connectivity index (χ1) is 10.0. The standard InChI is InChI=1S/C16H17ClFNO2/c1-10(12-4-6-16(21-2)14(18)8-12)19-9-11-3-5-15(20)13(17)7-11/h3-8,10,19-20H,9H2,1-2H3. The largest absolute Gasteiger partial charge is 0.506 e. The van der Waals surface area contributed by atoms with Crippen LogP contribution in [0, 0.1) is 5.82 Å². The first-order valence-corrected chi connectivity index (χ1v) is 6.93. The average molecular weight is 310 g/mol. The molecule has 0 saturated carbocycles. The van der Waals surface area contributed by atoms with E-state index >= 15 is 0 Å². The van der Waals surface area contributed by atoms with Gasteiger partial charge in [-0.05, 0) is 42.3 Å². The van der Waals surface area contributed by atoms with E-state index in [2.05, 4.69) is 5.32 Å². The third kappa shape index (κ3) is 3.86. The first-order valence-electron chi connectivity index (χ1n) is 6.55. The van der Waals surface area contributed by atoms with Crippen molar-refractivity contribution in [2.45, 2.75) is 19.5 Å². The zero-order chi connectivity index (χ0) is 15.4. The van der Waals surface area contributed by atoms with E-state index in [9.17, 15) is 9.50 Å². The number of ether oxygens (including phenoxy) is 1. The highest BCUT2D eigenvalue weighted by molar-refractivity contribution is 6.32. The van der Waals surface area contributed by atoms with E-state index < -0.39 is 0 Å². The summed E-state index contributed by atoms with van der Waals surface area (Å²) in [6.45, 7) is 2.51. The van der Waals surface area contributed by atoms with Crippen molar-refractivity contribution in [1.29, 1.82) is 0 Å². The van der Waals surface area contributed by atoms with Gasteiger partial charge >= 0.3 is 0 Å². The molecule has 21 heavy (non-hydrogen) atoms. The zero-order valence-corrected chi connectivity index (χ0v) is 12.6. The van der Waals surface area contributed by atoms with Gasteiger partial charge in [0.25, 0.3) is 0 Å². The minimum atomic E-state index is -0.378. The van der Waals surface area contributed by atoms with Crippen molar-refractivity contribution in [3.63, 3.8) is 0 Å². The number of hydrogen-bond acceptors (Lipinski definition) is 3. The fraction of sp³-hybridized carbons (Fsp3) is 0.250. The Kier molecular flexibility index (Phi) is 5.04. The summed E-state index contributed by atoms with van der Waals surface area (Å²) in [6.07, 6.45) is 0. The maximum absolute atomic E-state index is 13.7. The van der Waals surface area contributed by atoms with Gasteiger partial charge in [-0.15, -0.1) is 0 Å². The number of methoxy groups -OCH3 is 1. The number of nitrogens with one attached hydrogen (secondary N) is 1. The van der Waals surface area contributed by atoms with Crippen LogP contribution < -0.4 is 10.1 Å². The Bertz CT molecular complexity index is 634. The lowest BCUT2D eigenvalue weighted by Gasteiger charge is -2.15. The summed E-state index contributed by atoms with van der Waals surface area (Å²) < 4.78 is 18.6. The van der Waals surface area contributed by atoms with Crippen LogP contribution in [0.1, 0.15) is 24.1 Å². The molecule has 0 heterocycles. The Balaban J connectivity index is 2.02. The normalized spacial score (nSPS) is 12.2. The van der Waals surface area contributed by atoms with E-state index in [4.69, 9.17) is 16.3 Å². The van der Waals surface area contributed by atoms with E-state index in [1.165, 1.54) is 13.2 Å². The number of phenols is 1. The lowest BCUT2D eigenvalue weighted by molar-refractivity contribution is 0.385. The third-order valence-corrected chi connectivity index (χ3v) is 3.60. The smallest absolute Gasteiger partial charge is 0.165 e. The SMILES string of the molecule is COc1ccc(C(C)NCc2ccc(O)c(Cl)c2)cc1F. The van der Waals surface area contributed by atoms with Gasteiger partial charge in [0.2, 0.25) is 0 Å². The highest BCUT2D eigenvalue weighted by Gasteiger charge is 2.09. The monoisotopic (exact) mass is 309 g/mol. The second-order valence-electron chi connectivity index (χ2n) is 4.78. The van der Waals surface area contributed by atoms with Gasteiger partial charge in [0.05, 0.1) is 12.1 Å². The molecule has 0 radical (unpaired) electrons. The second kappa shape index (κ2) is 6.78. The van der Waals surface area contributed by atoms with E-state index in [-0.39, 0.29) is 23.4 Å². The minimum Gasteiger partial charge on any atom is -0.506 e. The molecule has 0 aliphatic carbocycles. The van der Waals surface area contributed by atoms with Crippen molar-refractivity contribution in [3.05, 3.63) is 58.4 Å². The fourth-order valence-electron chi connectivity index (χ4n) is 2.00. The molecular weight excluding hydrogens is 293 g/mol. The lowest BCUT2D eigenvalue weighted by atomic mass is 10.1. The molecule has 0 amide bonds. The summed E-state index contributed by atoms with van der Waals surface area (Å²) in [5.74, 6) is -0.0849. The van der Waals surface area contributed by atoms with Crippen molar-refractivity contribution in [1.82, 2.24) is 5.32 Å². The van der Waals surface area contributed by atoms with Crippen LogP contribution in [-0.2, 0) is 6.54 Å². The Morgan fingerprint density at radius 2 is 2.05 bits per heavy atom. The van der Waals surface area contributed by atoms with Crippen molar-refractivity contribution in [2.75, 3.05) is 7.11 Å². The molecule has 2 rings (SSSR count). The number of hydrogen-bond donors (Lipinski definition) is 2. The Morgan fingerprint density at radius 3 is 2.67 bits per heavy atom. The minimum absolute atomic E-state index is 0.0296.